The zero-order valence-corrected chi connectivity index (χ0v) is 9.56. The quantitative estimate of drug-likeness (QED) is 0.824. The third-order valence-corrected chi connectivity index (χ3v) is 3.04. The molecule has 0 aliphatic heterocycles. The fourth-order valence-electron chi connectivity index (χ4n) is 1.90. The molecule has 0 bridgehead atoms. The molecule has 0 aliphatic carbocycles. The van der Waals surface area contributed by atoms with Crippen molar-refractivity contribution in [2.24, 2.45) is 5.73 Å². The Balaban J connectivity index is 2.53. The largest absolute Gasteiger partial charge is 0.361 e. The number of nitrogens with two attached hydrogens (primary N) is 1. The van der Waals surface area contributed by atoms with Gasteiger partial charge in [0.15, 0.2) is 0 Å². The summed E-state index contributed by atoms with van der Waals surface area (Å²) in [6.07, 6.45) is 4.02. The maximum atomic E-state index is 6.20. The molecular weight excluding hydrogens is 208 g/mol. The predicted octanol–water partition coefficient (Wildman–Crippen LogP) is 3.02. The van der Waals surface area contributed by atoms with Crippen LogP contribution in [0, 0.1) is 6.92 Å². The molecule has 0 spiro atoms. The van der Waals surface area contributed by atoms with Crippen LogP contribution in [-0.4, -0.2) is 11.5 Å². The molecule has 3 N–H and O–H groups in total. The Kier molecular flexibility index (Phi) is 2.98. The van der Waals surface area contributed by atoms with Crippen molar-refractivity contribution in [3.8, 4) is 0 Å². The number of rotatable bonds is 3. The molecule has 0 fully saturated rings. The van der Waals surface area contributed by atoms with Gasteiger partial charge in [-0.2, -0.15) is 0 Å². The SMILES string of the molecule is Cc1ccc(Cl)c2c(CCCN)c[nH]c12. The van der Waals surface area contributed by atoms with Crippen molar-refractivity contribution in [2.45, 2.75) is 19.8 Å². The molecule has 0 amide bonds. The summed E-state index contributed by atoms with van der Waals surface area (Å²) in [5.41, 5.74) is 9.16. The second-order valence-electron chi connectivity index (χ2n) is 3.82. The van der Waals surface area contributed by atoms with Crippen molar-refractivity contribution in [3.63, 3.8) is 0 Å². The number of hydrogen-bond acceptors (Lipinski definition) is 1. The molecule has 0 saturated heterocycles. The van der Waals surface area contributed by atoms with Crippen molar-refractivity contribution in [1.82, 2.24) is 4.98 Å². The molecule has 80 valence electrons. The van der Waals surface area contributed by atoms with E-state index in [1.807, 2.05) is 18.3 Å². The number of halogens is 1. The van der Waals surface area contributed by atoms with E-state index in [9.17, 15) is 0 Å². The van der Waals surface area contributed by atoms with Crippen LogP contribution < -0.4 is 5.73 Å². The van der Waals surface area contributed by atoms with E-state index in [2.05, 4.69) is 11.9 Å². The summed E-state index contributed by atoms with van der Waals surface area (Å²) in [5, 5.41) is 1.98. The Bertz CT molecular complexity index is 474. The number of nitrogens with one attached hydrogen (secondary N) is 1. The lowest BCUT2D eigenvalue weighted by Crippen LogP contribution is -1.99. The van der Waals surface area contributed by atoms with E-state index in [1.54, 1.807) is 0 Å². The predicted molar refractivity (Wildman–Crippen MR) is 65.4 cm³/mol. The maximum absolute atomic E-state index is 6.20. The molecular formula is C12H15ClN2. The molecule has 1 aromatic carbocycles. The highest BCUT2D eigenvalue weighted by Crippen LogP contribution is 2.29. The summed E-state index contributed by atoms with van der Waals surface area (Å²) in [6.45, 7) is 2.80. The summed E-state index contributed by atoms with van der Waals surface area (Å²) >= 11 is 6.20. The van der Waals surface area contributed by atoms with Crippen LogP contribution in [0.2, 0.25) is 5.02 Å². The summed E-state index contributed by atoms with van der Waals surface area (Å²) in [7, 11) is 0. The lowest BCUT2D eigenvalue weighted by molar-refractivity contribution is 0.837. The van der Waals surface area contributed by atoms with Gasteiger partial charge < -0.3 is 10.7 Å². The molecule has 0 unspecified atom stereocenters. The van der Waals surface area contributed by atoms with Gasteiger partial charge in [0, 0.05) is 11.6 Å². The summed E-state index contributed by atoms with van der Waals surface area (Å²) in [4.78, 5) is 3.28. The standard InChI is InChI=1S/C12H15ClN2/c1-8-4-5-10(13)11-9(3-2-6-14)7-15-12(8)11/h4-5,7,15H,2-3,6,14H2,1H3. The minimum atomic E-state index is 0.718. The van der Waals surface area contributed by atoms with Gasteiger partial charge in [0.05, 0.1) is 10.5 Å². The van der Waals surface area contributed by atoms with Crippen molar-refractivity contribution < 1.29 is 0 Å². The van der Waals surface area contributed by atoms with Crippen LogP contribution in [0.15, 0.2) is 18.3 Å². The van der Waals surface area contributed by atoms with Crippen LogP contribution in [0.5, 0.6) is 0 Å². The lowest BCUT2D eigenvalue weighted by Gasteiger charge is -2.01. The second-order valence-corrected chi connectivity index (χ2v) is 4.23. The van der Waals surface area contributed by atoms with E-state index in [1.165, 1.54) is 11.1 Å². The Labute approximate surface area is 94.4 Å². The summed E-state index contributed by atoms with van der Waals surface area (Å²) < 4.78 is 0. The number of benzene rings is 1. The number of hydrogen-bond donors (Lipinski definition) is 2. The number of aromatic amines is 1. The van der Waals surface area contributed by atoms with Crippen molar-refractivity contribution in [3.05, 3.63) is 34.5 Å². The molecule has 15 heavy (non-hydrogen) atoms. The van der Waals surface area contributed by atoms with Gasteiger partial charge in [0.25, 0.3) is 0 Å². The van der Waals surface area contributed by atoms with Crippen LogP contribution in [0.3, 0.4) is 0 Å². The zero-order valence-electron chi connectivity index (χ0n) is 8.81. The Morgan fingerprint density at radius 2 is 2.20 bits per heavy atom. The van der Waals surface area contributed by atoms with E-state index in [0.717, 1.165) is 35.3 Å². The van der Waals surface area contributed by atoms with Gasteiger partial charge in [-0.1, -0.05) is 17.7 Å². The molecule has 1 heterocycles. The first-order valence-corrected chi connectivity index (χ1v) is 5.57. The average molecular weight is 223 g/mol. The molecule has 2 rings (SSSR count). The Hall–Kier alpha value is -0.990. The molecule has 1 aromatic heterocycles. The Morgan fingerprint density at radius 3 is 2.93 bits per heavy atom. The van der Waals surface area contributed by atoms with E-state index < -0.39 is 0 Å². The molecule has 2 nitrogen and oxygen atoms in total. The molecule has 3 heteroatoms. The van der Waals surface area contributed by atoms with Gasteiger partial charge in [-0.3, -0.25) is 0 Å². The topological polar surface area (TPSA) is 41.8 Å². The van der Waals surface area contributed by atoms with Crippen molar-refractivity contribution in [1.29, 1.82) is 0 Å². The Morgan fingerprint density at radius 1 is 1.40 bits per heavy atom. The highest BCUT2D eigenvalue weighted by molar-refractivity contribution is 6.35. The molecule has 0 saturated carbocycles. The molecule has 0 aliphatic rings. The molecule has 0 radical (unpaired) electrons. The van der Waals surface area contributed by atoms with Gasteiger partial charge in [-0.25, -0.2) is 0 Å². The van der Waals surface area contributed by atoms with Crippen LogP contribution in [0.1, 0.15) is 17.5 Å². The van der Waals surface area contributed by atoms with E-state index in [-0.39, 0.29) is 0 Å². The van der Waals surface area contributed by atoms with Crippen LogP contribution >= 0.6 is 11.6 Å². The first kappa shape index (κ1) is 10.5. The van der Waals surface area contributed by atoms with Gasteiger partial charge >= 0.3 is 0 Å². The minimum Gasteiger partial charge on any atom is -0.361 e. The highest BCUT2D eigenvalue weighted by Gasteiger charge is 2.08. The average Bonchev–Trinajstić information content (AvgIpc) is 2.65. The smallest absolute Gasteiger partial charge is 0.0502 e. The third kappa shape index (κ3) is 1.87. The third-order valence-electron chi connectivity index (χ3n) is 2.72. The van der Waals surface area contributed by atoms with Crippen LogP contribution in [0.4, 0.5) is 0 Å². The number of aromatic nitrogens is 1. The van der Waals surface area contributed by atoms with Gasteiger partial charge in [0.2, 0.25) is 0 Å². The van der Waals surface area contributed by atoms with Gasteiger partial charge in [-0.05, 0) is 43.5 Å². The number of aryl methyl sites for hydroxylation is 2. The lowest BCUT2D eigenvalue weighted by atomic mass is 10.1. The fourth-order valence-corrected chi connectivity index (χ4v) is 2.18. The summed E-state index contributed by atoms with van der Waals surface area (Å²) in [5.74, 6) is 0. The summed E-state index contributed by atoms with van der Waals surface area (Å²) in [6, 6.07) is 3.99. The fraction of sp³-hybridized carbons (Fsp3) is 0.333. The second kappa shape index (κ2) is 4.25. The monoisotopic (exact) mass is 222 g/mol. The van der Waals surface area contributed by atoms with Crippen molar-refractivity contribution >= 4 is 22.5 Å². The van der Waals surface area contributed by atoms with Crippen LogP contribution in [-0.2, 0) is 6.42 Å². The van der Waals surface area contributed by atoms with Gasteiger partial charge in [-0.15, -0.1) is 0 Å². The molecule has 2 aromatic rings. The first-order chi connectivity index (χ1) is 7.24. The number of fused-ring (bicyclic) bond motifs is 1. The van der Waals surface area contributed by atoms with E-state index in [4.69, 9.17) is 17.3 Å². The zero-order chi connectivity index (χ0) is 10.8. The minimum absolute atomic E-state index is 0.718. The van der Waals surface area contributed by atoms with E-state index >= 15 is 0 Å². The van der Waals surface area contributed by atoms with Crippen molar-refractivity contribution in [2.75, 3.05) is 6.54 Å². The normalized spacial score (nSPS) is 11.1. The highest BCUT2D eigenvalue weighted by atomic mass is 35.5. The van der Waals surface area contributed by atoms with Crippen LogP contribution in [0.25, 0.3) is 10.9 Å². The maximum Gasteiger partial charge on any atom is 0.0502 e. The molecule has 0 atom stereocenters. The van der Waals surface area contributed by atoms with E-state index in [0.29, 0.717) is 0 Å². The van der Waals surface area contributed by atoms with Gasteiger partial charge in [0.1, 0.15) is 0 Å². The number of H-pyrrole nitrogens is 1. The first-order valence-electron chi connectivity index (χ1n) is 5.19.